The lowest BCUT2D eigenvalue weighted by Crippen LogP contribution is -2.21. The second-order valence-electron chi connectivity index (χ2n) is 7.70. The summed E-state index contributed by atoms with van der Waals surface area (Å²) in [5.74, 6) is 0.702. The van der Waals surface area contributed by atoms with Crippen LogP contribution in [0.4, 0.5) is 0 Å². The molecule has 0 bridgehead atoms. The summed E-state index contributed by atoms with van der Waals surface area (Å²) in [7, 11) is 1.59. The van der Waals surface area contributed by atoms with Gasteiger partial charge in [-0.1, -0.05) is 43.7 Å². The van der Waals surface area contributed by atoms with Gasteiger partial charge in [0.15, 0.2) is 8.73 Å². The summed E-state index contributed by atoms with van der Waals surface area (Å²) in [6.07, 6.45) is 0. The molecule has 35 heavy (non-hydrogen) atoms. The number of hydrogen-bond acceptors (Lipinski definition) is 6. The monoisotopic (exact) mass is 548 g/mol. The standard InChI is InChI=1S/C19H14ClN3O2S3.C6H15N/c1-10-9-12(5-8-14(10)20)22-16-15(28-19(22)27)17(24)23(18(26)21-16)11-3-6-13(25-2)7-4-11;1-4-7(5-2)6-3/h3-9H,1-2H3,(H,21,26);4-6H2,1-3H3. The van der Waals surface area contributed by atoms with Gasteiger partial charge >= 0.3 is 0 Å². The zero-order valence-electron chi connectivity index (χ0n) is 20.4. The molecule has 0 aliphatic heterocycles. The minimum atomic E-state index is -0.218. The molecule has 0 aliphatic carbocycles. The van der Waals surface area contributed by atoms with E-state index in [1.165, 1.54) is 35.5 Å². The molecular formula is C25H29ClN4O2S3. The molecule has 2 aromatic heterocycles. The Morgan fingerprint density at radius 1 is 1.00 bits per heavy atom. The minimum absolute atomic E-state index is 0.218. The fourth-order valence-electron chi connectivity index (χ4n) is 3.62. The molecule has 10 heteroatoms. The van der Waals surface area contributed by atoms with E-state index in [1.807, 2.05) is 29.7 Å². The Morgan fingerprint density at radius 2 is 1.60 bits per heavy atom. The van der Waals surface area contributed by atoms with Crippen LogP contribution in [0.2, 0.25) is 5.02 Å². The average molecular weight is 549 g/mol. The first kappa shape index (κ1) is 27.3. The number of hydrogen-bond donors (Lipinski definition) is 1. The first-order chi connectivity index (χ1) is 16.7. The number of ether oxygens (including phenoxy) is 1. The highest BCUT2D eigenvalue weighted by molar-refractivity contribution is 7.73. The van der Waals surface area contributed by atoms with Crippen LogP contribution in [0.3, 0.4) is 0 Å². The van der Waals surface area contributed by atoms with Gasteiger partial charge in [-0.2, -0.15) is 0 Å². The van der Waals surface area contributed by atoms with Crippen LogP contribution < -0.4 is 10.3 Å². The van der Waals surface area contributed by atoms with Crippen molar-refractivity contribution in [3.05, 3.63) is 72.1 Å². The molecule has 2 aromatic carbocycles. The third-order valence-corrected chi connectivity index (χ3v) is 7.78. The SMILES string of the molecule is CCN(CC)CC.COc1ccc(-n2c(=S)[nH]c3c(sc(=S)n3-c3ccc(Cl)c(C)c3)c2=O)cc1. The van der Waals surface area contributed by atoms with E-state index in [4.69, 9.17) is 40.8 Å². The van der Waals surface area contributed by atoms with Crippen molar-refractivity contribution >= 4 is 57.7 Å². The molecule has 0 radical (unpaired) electrons. The van der Waals surface area contributed by atoms with Gasteiger partial charge in [-0.3, -0.25) is 13.9 Å². The minimum Gasteiger partial charge on any atom is -0.497 e. The zero-order chi connectivity index (χ0) is 25.7. The van der Waals surface area contributed by atoms with E-state index in [9.17, 15) is 4.79 Å². The molecule has 1 N–H and O–H groups in total. The number of H-pyrrole nitrogens is 1. The van der Waals surface area contributed by atoms with Gasteiger partial charge in [-0.25, -0.2) is 0 Å². The number of benzene rings is 2. The van der Waals surface area contributed by atoms with E-state index < -0.39 is 0 Å². The molecular weight excluding hydrogens is 520 g/mol. The quantitative estimate of drug-likeness (QED) is 0.264. The number of fused-ring (bicyclic) bond motifs is 1. The van der Waals surface area contributed by atoms with Crippen LogP contribution in [0.5, 0.6) is 5.75 Å². The summed E-state index contributed by atoms with van der Waals surface area (Å²) >= 11 is 18.4. The van der Waals surface area contributed by atoms with E-state index in [-0.39, 0.29) is 10.3 Å². The van der Waals surface area contributed by atoms with E-state index >= 15 is 0 Å². The molecule has 0 amide bonds. The van der Waals surface area contributed by atoms with Crippen LogP contribution in [-0.4, -0.2) is 45.8 Å². The van der Waals surface area contributed by atoms with E-state index in [0.717, 1.165) is 11.3 Å². The summed E-state index contributed by atoms with van der Waals surface area (Å²) in [6.45, 7) is 12.0. The lowest BCUT2D eigenvalue weighted by atomic mass is 10.2. The smallest absolute Gasteiger partial charge is 0.278 e. The summed E-state index contributed by atoms with van der Waals surface area (Å²) in [5.41, 5.74) is 2.76. The maximum Gasteiger partial charge on any atom is 0.278 e. The Morgan fingerprint density at radius 3 is 2.11 bits per heavy atom. The molecule has 2 heterocycles. The van der Waals surface area contributed by atoms with Crippen molar-refractivity contribution < 1.29 is 4.74 Å². The van der Waals surface area contributed by atoms with Gasteiger partial charge in [0.25, 0.3) is 5.56 Å². The van der Waals surface area contributed by atoms with Gasteiger partial charge in [0, 0.05) is 10.7 Å². The Labute approximate surface area is 224 Å². The third kappa shape index (κ3) is 5.92. The fraction of sp³-hybridized carbons (Fsp3) is 0.320. The van der Waals surface area contributed by atoms with Crippen molar-refractivity contribution in [2.75, 3.05) is 26.7 Å². The van der Waals surface area contributed by atoms with E-state index in [0.29, 0.717) is 30.8 Å². The normalized spacial score (nSPS) is 10.9. The van der Waals surface area contributed by atoms with Crippen molar-refractivity contribution in [1.82, 2.24) is 19.0 Å². The molecule has 4 aromatic rings. The van der Waals surface area contributed by atoms with Crippen LogP contribution in [0.15, 0.2) is 47.3 Å². The molecule has 6 nitrogen and oxygen atoms in total. The van der Waals surface area contributed by atoms with Gasteiger partial charge in [0.2, 0.25) is 0 Å². The number of halogens is 1. The summed E-state index contributed by atoms with van der Waals surface area (Å²) in [5, 5.41) is 0.671. The molecule has 0 saturated carbocycles. The predicted octanol–water partition coefficient (Wildman–Crippen LogP) is 6.95. The number of nitrogens with one attached hydrogen (secondary N) is 1. The zero-order valence-corrected chi connectivity index (χ0v) is 23.6. The number of thiazole rings is 1. The molecule has 0 saturated heterocycles. The van der Waals surface area contributed by atoms with Crippen molar-refractivity contribution in [3.63, 3.8) is 0 Å². The largest absolute Gasteiger partial charge is 0.497 e. The average Bonchev–Trinajstić information content (AvgIpc) is 3.19. The van der Waals surface area contributed by atoms with Gasteiger partial charge in [-0.15, -0.1) is 0 Å². The third-order valence-electron chi connectivity index (χ3n) is 5.71. The maximum absolute atomic E-state index is 13.2. The molecule has 0 spiro atoms. The Hall–Kier alpha value is -2.30. The number of aromatic nitrogens is 3. The first-order valence-electron chi connectivity index (χ1n) is 11.3. The van der Waals surface area contributed by atoms with Gasteiger partial charge < -0.3 is 14.6 Å². The van der Waals surface area contributed by atoms with E-state index in [1.54, 1.807) is 31.4 Å². The van der Waals surface area contributed by atoms with Crippen molar-refractivity contribution in [2.24, 2.45) is 0 Å². The summed E-state index contributed by atoms with van der Waals surface area (Å²) < 4.78 is 9.78. The predicted molar refractivity (Wildman–Crippen MR) is 153 cm³/mol. The van der Waals surface area contributed by atoms with E-state index in [2.05, 4.69) is 30.7 Å². The van der Waals surface area contributed by atoms with Crippen LogP contribution in [-0.2, 0) is 0 Å². The number of rotatable bonds is 6. The molecule has 0 atom stereocenters. The lowest BCUT2D eigenvalue weighted by molar-refractivity contribution is 0.321. The molecule has 0 aliphatic rings. The number of methoxy groups -OCH3 is 1. The highest BCUT2D eigenvalue weighted by Gasteiger charge is 2.15. The highest BCUT2D eigenvalue weighted by Crippen LogP contribution is 2.26. The van der Waals surface area contributed by atoms with Gasteiger partial charge in [0.1, 0.15) is 16.1 Å². The maximum atomic E-state index is 13.2. The molecule has 0 unspecified atom stereocenters. The molecule has 4 rings (SSSR count). The second kappa shape index (κ2) is 12.1. The highest BCUT2D eigenvalue weighted by atomic mass is 35.5. The summed E-state index contributed by atoms with van der Waals surface area (Å²) in [6, 6.07) is 12.7. The van der Waals surface area contributed by atoms with Crippen molar-refractivity contribution in [1.29, 1.82) is 0 Å². The number of nitrogens with zero attached hydrogens (tertiary/aromatic N) is 3. The molecule has 0 fully saturated rings. The van der Waals surface area contributed by atoms with Crippen LogP contribution >= 0.6 is 47.4 Å². The first-order valence-corrected chi connectivity index (χ1v) is 13.3. The van der Waals surface area contributed by atoms with Gasteiger partial charge in [0.05, 0.1) is 12.8 Å². The number of aryl methyl sites for hydroxylation is 1. The van der Waals surface area contributed by atoms with Crippen LogP contribution in [0, 0.1) is 15.6 Å². The van der Waals surface area contributed by atoms with Gasteiger partial charge in [-0.05, 0) is 99.0 Å². The Kier molecular flexibility index (Phi) is 9.43. The Balaban J connectivity index is 0.000000429. The molecule has 186 valence electrons. The second-order valence-corrected chi connectivity index (χ2v) is 10.1. The lowest BCUT2D eigenvalue weighted by Gasteiger charge is -2.13. The summed E-state index contributed by atoms with van der Waals surface area (Å²) in [4.78, 5) is 18.7. The Bertz CT molecular complexity index is 1480. The van der Waals surface area contributed by atoms with Crippen molar-refractivity contribution in [2.45, 2.75) is 27.7 Å². The van der Waals surface area contributed by atoms with Crippen molar-refractivity contribution in [3.8, 4) is 17.1 Å². The van der Waals surface area contributed by atoms with Crippen LogP contribution in [0.1, 0.15) is 26.3 Å². The van der Waals surface area contributed by atoms with Crippen LogP contribution in [0.25, 0.3) is 21.7 Å². The topological polar surface area (TPSA) is 55.2 Å². The number of aromatic amines is 1. The fourth-order valence-corrected chi connectivity index (χ4v) is 5.35.